The van der Waals surface area contributed by atoms with E-state index in [2.05, 4.69) is 4.98 Å². The van der Waals surface area contributed by atoms with Crippen molar-refractivity contribution in [1.29, 1.82) is 0 Å². The average Bonchev–Trinajstić information content (AvgIpc) is 2.90. The molecular formula is C14H16N2O4S2. The van der Waals surface area contributed by atoms with Gasteiger partial charge in [0.2, 0.25) is 0 Å². The smallest absolute Gasteiger partial charge is 0.284 e. The van der Waals surface area contributed by atoms with Crippen LogP contribution in [0.5, 0.6) is 0 Å². The van der Waals surface area contributed by atoms with E-state index in [1.54, 1.807) is 6.07 Å². The van der Waals surface area contributed by atoms with Gasteiger partial charge in [0, 0.05) is 12.5 Å². The molecule has 118 valence electrons. The van der Waals surface area contributed by atoms with Crippen LogP contribution in [0, 0.1) is 13.8 Å². The second-order valence-corrected chi connectivity index (χ2v) is 7.37. The molecule has 1 amide bonds. The van der Waals surface area contributed by atoms with Crippen molar-refractivity contribution in [2.75, 3.05) is 7.11 Å². The number of aromatic nitrogens is 1. The van der Waals surface area contributed by atoms with Crippen LogP contribution in [0.4, 0.5) is 0 Å². The Kier molecular flexibility index (Phi) is 4.94. The highest BCUT2D eigenvalue weighted by atomic mass is 32.2. The van der Waals surface area contributed by atoms with Gasteiger partial charge in [-0.25, -0.2) is 18.1 Å². The molecule has 1 N–H and O–H groups in total. The lowest BCUT2D eigenvalue weighted by Gasteiger charge is -2.07. The summed E-state index contributed by atoms with van der Waals surface area (Å²) >= 11 is 1.24. The molecule has 1 heterocycles. The van der Waals surface area contributed by atoms with E-state index in [0.717, 1.165) is 11.1 Å². The molecule has 0 bridgehead atoms. The van der Waals surface area contributed by atoms with Crippen molar-refractivity contribution in [3.8, 4) is 0 Å². The molecule has 8 heteroatoms. The van der Waals surface area contributed by atoms with Crippen LogP contribution in [0.25, 0.3) is 0 Å². The first-order valence-electron chi connectivity index (χ1n) is 6.41. The van der Waals surface area contributed by atoms with E-state index in [1.165, 1.54) is 36.0 Å². The van der Waals surface area contributed by atoms with Crippen molar-refractivity contribution in [3.63, 3.8) is 0 Å². The number of amides is 1. The quantitative estimate of drug-likeness (QED) is 0.900. The van der Waals surface area contributed by atoms with E-state index in [1.807, 2.05) is 18.6 Å². The van der Waals surface area contributed by atoms with Gasteiger partial charge in [0.15, 0.2) is 0 Å². The van der Waals surface area contributed by atoms with Gasteiger partial charge in [0.25, 0.3) is 15.9 Å². The summed E-state index contributed by atoms with van der Waals surface area (Å²) in [4.78, 5) is 16.1. The van der Waals surface area contributed by atoms with Gasteiger partial charge >= 0.3 is 0 Å². The normalized spacial score (nSPS) is 11.4. The molecule has 0 spiro atoms. The first-order valence-corrected chi connectivity index (χ1v) is 8.77. The molecule has 0 fully saturated rings. The van der Waals surface area contributed by atoms with Gasteiger partial charge in [-0.1, -0.05) is 6.07 Å². The number of ether oxygens (including phenoxy) is 1. The van der Waals surface area contributed by atoms with E-state index < -0.39 is 15.9 Å². The van der Waals surface area contributed by atoms with Crippen molar-refractivity contribution in [2.45, 2.75) is 25.3 Å². The third kappa shape index (κ3) is 3.70. The molecule has 2 aromatic rings. The van der Waals surface area contributed by atoms with Gasteiger partial charge in [-0.05, 0) is 37.1 Å². The summed E-state index contributed by atoms with van der Waals surface area (Å²) in [6.07, 6.45) is 0. The number of carbonyl (C=O) groups is 1. The SMILES string of the molecule is COCc1nc(C(=O)NS(=O)(=O)c2ccc(C)c(C)c2)cs1. The van der Waals surface area contributed by atoms with Crippen molar-refractivity contribution >= 4 is 27.3 Å². The van der Waals surface area contributed by atoms with Crippen LogP contribution in [0.2, 0.25) is 0 Å². The molecule has 2 rings (SSSR count). The first-order chi connectivity index (χ1) is 10.3. The fourth-order valence-corrected chi connectivity index (χ4v) is 3.51. The number of rotatable bonds is 5. The molecule has 1 aromatic heterocycles. The lowest BCUT2D eigenvalue weighted by Crippen LogP contribution is -2.30. The van der Waals surface area contributed by atoms with Crippen molar-refractivity contribution in [2.24, 2.45) is 0 Å². The number of methoxy groups -OCH3 is 1. The van der Waals surface area contributed by atoms with Crippen LogP contribution in [0.1, 0.15) is 26.6 Å². The summed E-state index contributed by atoms with van der Waals surface area (Å²) < 4.78 is 31.4. The fourth-order valence-electron chi connectivity index (χ4n) is 1.72. The minimum absolute atomic E-state index is 0.0521. The van der Waals surface area contributed by atoms with Crippen LogP contribution >= 0.6 is 11.3 Å². The highest BCUT2D eigenvalue weighted by Gasteiger charge is 2.21. The number of sulfonamides is 1. The van der Waals surface area contributed by atoms with Crippen LogP contribution in [0.15, 0.2) is 28.5 Å². The molecule has 6 nitrogen and oxygen atoms in total. The molecule has 1 aromatic carbocycles. The number of hydrogen-bond donors (Lipinski definition) is 1. The zero-order valence-corrected chi connectivity index (χ0v) is 14.0. The number of nitrogens with one attached hydrogen (secondary N) is 1. The number of hydrogen-bond acceptors (Lipinski definition) is 6. The summed E-state index contributed by atoms with van der Waals surface area (Å²) in [6.45, 7) is 3.98. The molecular weight excluding hydrogens is 324 g/mol. The fraction of sp³-hybridized carbons (Fsp3) is 0.286. The Hall–Kier alpha value is -1.77. The Balaban J connectivity index is 2.19. The Labute approximate surface area is 133 Å². The Morgan fingerprint density at radius 1 is 1.32 bits per heavy atom. The van der Waals surface area contributed by atoms with Gasteiger partial charge in [0.1, 0.15) is 10.7 Å². The molecule has 0 aliphatic rings. The molecule has 0 saturated heterocycles. The van der Waals surface area contributed by atoms with E-state index in [0.29, 0.717) is 5.01 Å². The Morgan fingerprint density at radius 3 is 2.68 bits per heavy atom. The Bertz CT molecular complexity index is 797. The number of nitrogens with zero attached hydrogens (tertiary/aromatic N) is 1. The van der Waals surface area contributed by atoms with E-state index in [9.17, 15) is 13.2 Å². The summed E-state index contributed by atoms with van der Waals surface area (Å²) in [7, 11) is -2.40. The maximum absolute atomic E-state index is 12.2. The standard InChI is InChI=1S/C14H16N2O4S2/c1-9-4-5-11(6-10(9)2)22(18,19)16-14(17)12-8-21-13(15-12)7-20-3/h4-6,8H,7H2,1-3H3,(H,16,17). The average molecular weight is 340 g/mol. The van der Waals surface area contributed by atoms with Crippen molar-refractivity contribution in [3.05, 3.63) is 45.4 Å². The van der Waals surface area contributed by atoms with Crippen LogP contribution < -0.4 is 4.72 Å². The summed E-state index contributed by atoms with van der Waals surface area (Å²) in [6, 6.07) is 4.70. The maximum atomic E-state index is 12.2. The molecule has 0 radical (unpaired) electrons. The minimum atomic E-state index is -3.92. The van der Waals surface area contributed by atoms with Gasteiger partial charge in [-0.2, -0.15) is 0 Å². The zero-order valence-electron chi connectivity index (χ0n) is 12.4. The second-order valence-electron chi connectivity index (χ2n) is 4.74. The first kappa shape index (κ1) is 16.6. The second kappa shape index (κ2) is 6.55. The molecule has 0 aliphatic heterocycles. The van der Waals surface area contributed by atoms with Crippen LogP contribution in [-0.4, -0.2) is 26.4 Å². The van der Waals surface area contributed by atoms with Gasteiger partial charge < -0.3 is 4.74 Å². The van der Waals surface area contributed by atoms with Gasteiger partial charge in [-0.3, -0.25) is 4.79 Å². The molecule has 22 heavy (non-hydrogen) atoms. The lowest BCUT2D eigenvalue weighted by molar-refractivity contribution is 0.0976. The predicted octanol–water partition coefficient (Wildman–Crippen LogP) is 2.03. The zero-order chi connectivity index (χ0) is 16.3. The highest BCUT2D eigenvalue weighted by molar-refractivity contribution is 7.90. The van der Waals surface area contributed by atoms with Crippen LogP contribution in [0.3, 0.4) is 0 Å². The van der Waals surface area contributed by atoms with Crippen molar-refractivity contribution < 1.29 is 17.9 Å². The largest absolute Gasteiger partial charge is 0.378 e. The molecule has 0 unspecified atom stereocenters. The van der Waals surface area contributed by atoms with E-state index in [4.69, 9.17) is 4.74 Å². The number of thiazole rings is 1. The third-order valence-corrected chi connectivity index (χ3v) is 5.22. The number of benzene rings is 1. The van der Waals surface area contributed by atoms with E-state index >= 15 is 0 Å². The Morgan fingerprint density at radius 2 is 2.05 bits per heavy atom. The summed E-state index contributed by atoms with van der Waals surface area (Å²) in [5, 5.41) is 2.11. The molecule has 0 atom stereocenters. The number of carbonyl (C=O) groups excluding carboxylic acids is 1. The molecule has 0 aliphatic carbocycles. The van der Waals surface area contributed by atoms with Crippen molar-refractivity contribution in [1.82, 2.24) is 9.71 Å². The maximum Gasteiger partial charge on any atom is 0.284 e. The third-order valence-electron chi connectivity index (χ3n) is 3.07. The topological polar surface area (TPSA) is 85.4 Å². The highest BCUT2D eigenvalue weighted by Crippen LogP contribution is 2.16. The van der Waals surface area contributed by atoms with Gasteiger partial charge in [0.05, 0.1) is 11.5 Å². The van der Waals surface area contributed by atoms with E-state index in [-0.39, 0.29) is 17.2 Å². The summed E-state index contributed by atoms with van der Waals surface area (Å²) in [5.41, 5.74) is 1.88. The molecule has 0 saturated carbocycles. The van der Waals surface area contributed by atoms with Gasteiger partial charge in [-0.15, -0.1) is 11.3 Å². The predicted molar refractivity (Wildman–Crippen MR) is 83.4 cm³/mol. The lowest BCUT2D eigenvalue weighted by atomic mass is 10.1. The number of aryl methyl sites for hydroxylation is 2. The minimum Gasteiger partial charge on any atom is -0.378 e. The van der Waals surface area contributed by atoms with Crippen LogP contribution in [-0.2, 0) is 21.4 Å². The summed E-state index contributed by atoms with van der Waals surface area (Å²) in [5.74, 6) is -0.753. The monoisotopic (exact) mass is 340 g/mol.